The van der Waals surface area contributed by atoms with Gasteiger partial charge >= 0.3 is 0 Å². The lowest BCUT2D eigenvalue weighted by atomic mass is 10.0. The van der Waals surface area contributed by atoms with Crippen LogP contribution in [0, 0.1) is 0 Å². The molecule has 1 aliphatic heterocycles. The van der Waals surface area contributed by atoms with Crippen molar-refractivity contribution >= 4 is 10.9 Å². The molecular weight excluding hydrogens is 282 g/mol. The van der Waals surface area contributed by atoms with Gasteiger partial charge < -0.3 is 10.3 Å². The lowest BCUT2D eigenvalue weighted by Gasteiger charge is -2.34. The summed E-state index contributed by atoms with van der Waals surface area (Å²) in [6.45, 7) is 4.41. The Morgan fingerprint density at radius 2 is 1.96 bits per heavy atom. The number of rotatable bonds is 4. The number of aromatic amines is 1. The fraction of sp³-hybridized carbons (Fsp3) is 0.300. The maximum atomic E-state index is 3.67. The Balaban J connectivity index is 1.42. The van der Waals surface area contributed by atoms with E-state index in [0.717, 1.165) is 32.6 Å². The van der Waals surface area contributed by atoms with Gasteiger partial charge in [0.15, 0.2) is 0 Å². The number of benzene rings is 2. The summed E-state index contributed by atoms with van der Waals surface area (Å²) in [7, 11) is 0. The molecule has 3 heteroatoms. The average molecular weight is 305 g/mol. The Morgan fingerprint density at radius 3 is 2.87 bits per heavy atom. The van der Waals surface area contributed by atoms with E-state index in [-0.39, 0.29) is 0 Å². The van der Waals surface area contributed by atoms with E-state index in [2.05, 4.69) is 69.8 Å². The van der Waals surface area contributed by atoms with E-state index in [1.54, 1.807) is 0 Å². The van der Waals surface area contributed by atoms with E-state index < -0.39 is 0 Å². The molecule has 2 heterocycles. The van der Waals surface area contributed by atoms with Crippen LogP contribution in [0.1, 0.15) is 17.2 Å². The molecular formula is C20H23N3. The molecule has 118 valence electrons. The summed E-state index contributed by atoms with van der Waals surface area (Å²) >= 11 is 0. The Morgan fingerprint density at radius 1 is 1.04 bits per heavy atom. The Bertz CT molecular complexity index is 763. The molecule has 1 aliphatic rings. The number of H-pyrrole nitrogens is 1. The van der Waals surface area contributed by atoms with Crippen molar-refractivity contribution in [3.05, 3.63) is 71.9 Å². The van der Waals surface area contributed by atoms with Gasteiger partial charge in [0.25, 0.3) is 0 Å². The highest BCUT2D eigenvalue weighted by molar-refractivity contribution is 5.80. The van der Waals surface area contributed by atoms with Crippen LogP contribution in [0.4, 0.5) is 0 Å². The fourth-order valence-corrected chi connectivity index (χ4v) is 3.46. The van der Waals surface area contributed by atoms with Gasteiger partial charge in [-0.05, 0) is 41.1 Å². The molecule has 23 heavy (non-hydrogen) atoms. The average Bonchev–Trinajstić information content (AvgIpc) is 3.09. The van der Waals surface area contributed by atoms with Crippen molar-refractivity contribution in [3.8, 4) is 0 Å². The molecule has 3 aromatic rings. The van der Waals surface area contributed by atoms with Crippen LogP contribution in [0.5, 0.6) is 0 Å². The third kappa shape index (κ3) is 3.31. The molecule has 4 rings (SSSR count). The third-order valence-electron chi connectivity index (χ3n) is 4.80. The first-order chi connectivity index (χ1) is 11.4. The van der Waals surface area contributed by atoms with Crippen molar-refractivity contribution in [2.45, 2.75) is 12.5 Å². The molecule has 1 atom stereocenters. The van der Waals surface area contributed by atoms with Gasteiger partial charge in [0, 0.05) is 43.9 Å². The highest BCUT2D eigenvalue weighted by atomic mass is 15.2. The summed E-state index contributed by atoms with van der Waals surface area (Å²) in [5.74, 6) is 0. The minimum absolute atomic E-state index is 0.429. The van der Waals surface area contributed by atoms with E-state index in [1.807, 2.05) is 6.20 Å². The van der Waals surface area contributed by atoms with Gasteiger partial charge in [-0.3, -0.25) is 4.90 Å². The molecule has 1 fully saturated rings. The van der Waals surface area contributed by atoms with Crippen LogP contribution in [0.25, 0.3) is 10.9 Å². The third-order valence-corrected chi connectivity index (χ3v) is 4.80. The van der Waals surface area contributed by atoms with E-state index in [4.69, 9.17) is 0 Å². The highest BCUT2D eigenvalue weighted by Crippen LogP contribution is 2.22. The standard InChI is InChI=1S/C20H23N3/c1-2-4-16(5-3-1)9-12-23-13-11-22-20(15-23)17-6-7-19-18(14-17)8-10-21-19/h1-8,10,14,20-22H,9,11-13,15H2. The van der Waals surface area contributed by atoms with Crippen molar-refractivity contribution in [2.75, 3.05) is 26.2 Å². The minimum atomic E-state index is 0.429. The molecule has 1 saturated heterocycles. The molecule has 0 amide bonds. The van der Waals surface area contributed by atoms with Gasteiger partial charge in [-0.15, -0.1) is 0 Å². The van der Waals surface area contributed by atoms with Crippen LogP contribution in [-0.2, 0) is 6.42 Å². The molecule has 0 spiro atoms. The minimum Gasteiger partial charge on any atom is -0.361 e. The molecule has 0 radical (unpaired) electrons. The zero-order chi connectivity index (χ0) is 15.5. The second kappa shape index (κ2) is 6.57. The van der Waals surface area contributed by atoms with Gasteiger partial charge in [-0.1, -0.05) is 36.4 Å². The number of aromatic nitrogens is 1. The Kier molecular flexibility index (Phi) is 4.14. The molecule has 0 saturated carbocycles. The summed E-state index contributed by atoms with van der Waals surface area (Å²) in [5, 5.41) is 4.97. The van der Waals surface area contributed by atoms with Crippen LogP contribution in [0.15, 0.2) is 60.8 Å². The zero-order valence-corrected chi connectivity index (χ0v) is 13.3. The maximum Gasteiger partial charge on any atom is 0.0454 e. The van der Waals surface area contributed by atoms with Gasteiger partial charge in [0.1, 0.15) is 0 Å². The van der Waals surface area contributed by atoms with Crippen LogP contribution < -0.4 is 5.32 Å². The van der Waals surface area contributed by atoms with E-state index in [0.29, 0.717) is 6.04 Å². The lowest BCUT2D eigenvalue weighted by Crippen LogP contribution is -2.46. The summed E-state index contributed by atoms with van der Waals surface area (Å²) in [4.78, 5) is 5.84. The number of nitrogens with zero attached hydrogens (tertiary/aromatic N) is 1. The van der Waals surface area contributed by atoms with Crippen LogP contribution >= 0.6 is 0 Å². The number of fused-ring (bicyclic) bond motifs is 1. The monoisotopic (exact) mass is 305 g/mol. The normalized spacial score (nSPS) is 19.2. The van der Waals surface area contributed by atoms with E-state index in [9.17, 15) is 0 Å². The molecule has 1 aromatic heterocycles. The summed E-state index contributed by atoms with van der Waals surface area (Å²) < 4.78 is 0. The quantitative estimate of drug-likeness (QED) is 0.774. The smallest absolute Gasteiger partial charge is 0.0454 e. The molecule has 0 aliphatic carbocycles. The lowest BCUT2D eigenvalue weighted by molar-refractivity contribution is 0.203. The molecule has 0 bridgehead atoms. The van der Waals surface area contributed by atoms with Crippen molar-refractivity contribution in [2.24, 2.45) is 0 Å². The van der Waals surface area contributed by atoms with Gasteiger partial charge in [-0.2, -0.15) is 0 Å². The predicted molar refractivity (Wildman–Crippen MR) is 95.6 cm³/mol. The SMILES string of the molecule is c1ccc(CCN2CCNC(c3ccc4[nH]ccc4c3)C2)cc1. The maximum absolute atomic E-state index is 3.67. The molecule has 2 aromatic carbocycles. The summed E-state index contributed by atoms with van der Waals surface area (Å²) in [6.07, 6.45) is 3.14. The van der Waals surface area contributed by atoms with Gasteiger partial charge in [0.2, 0.25) is 0 Å². The van der Waals surface area contributed by atoms with E-state index in [1.165, 1.54) is 22.0 Å². The van der Waals surface area contributed by atoms with E-state index >= 15 is 0 Å². The molecule has 1 unspecified atom stereocenters. The number of hydrogen-bond acceptors (Lipinski definition) is 2. The first-order valence-corrected chi connectivity index (χ1v) is 8.45. The first-order valence-electron chi connectivity index (χ1n) is 8.45. The van der Waals surface area contributed by atoms with Crippen molar-refractivity contribution < 1.29 is 0 Å². The molecule has 3 nitrogen and oxygen atoms in total. The van der Waals surface area contributed by atoms with Crippen LogP contribution in [-0.4, -0.2) is 36.1 Å². The second-order valence-corrected chi connectivity index (χ2v) is 6.37. The first kappa shape index (κ1) is 14.5. The number of nitrogens with one attached hydrogen (secondary N) is 2. The van der Waals surface area contributed by atoms with Crippen molar-refractivity contribution in [1.29, 1.82) is 0 Å². The van der Waals surface area contributed by atoms with Crippen molar-refractivity contribution in [3.63, 3.8) is 0 Å². The van der Waals surface area contributed by atoms with Gasteiger partial charge in [-0.25, -0.2) is 0 Å². The number of piperazine rings is 1. The zero-order valence-electron chi connectivity index (χ0n) is 13.3. The van der Waals surface area contributed by atoms with Gasteiger partial charge in [0.05, 0.1) is 0 Å². The van der Waals surface area contributed by atoms with Crippen LogP contribution in [0.3, 0.4) is 0 Å². The number of hydrogen-bond donors (Lipinski definition) is 2. The Hall–Kier alpha value is -2.10. The fourth-order valence-electron chi connectivity index (χ4n) is 3.46. The Labute approximate surface area is 137 Å². The predicted octanol–water partition coefficient (Wildman–Crippen LogP) is 3.36. The topological polar surface area (TPSA) is 31.1 Å². The largest absolute Gasteiger partial charge is 0.361 e. The molecule has 2 N–H and O–H groups in total. The van der Waals surface area contributed by atoms with Crippen LogP contribution in [0.2, 0.25) is 0 Å². The summed E-state index contributed by atoms with van der Waals surface area (Å²) in [6, 6.07) is 20.1. The second-order valence-electron chi connectivity index (χ2n) is 6.37. The summed E-state index contributed by atoms with van der Waals surface area (Å²) in [5.41, 5.74) is 4.03. The van der Waals surface area contributed by atoms with Crippen molar-refractivity contribution in [1.82, 2.24) is 15.2 Å². The highest BCUT2D eigenvalue weighted by Gasteiger charge is 2.20.